The fourth-order valence-electron chi connectivity index (χ4n) is 3.81. The molecule has 3 aromatic carbocycles. The molecule has 0 radical (unpaired) electrons. The molecule has 0 aliphatic carbocycles. The van der Waals surface area contributed by atoms with Gasteiger partial charge >= 0.3 is 11.9 Å². The number of hydrogen-bond acceptors (Lipinski definition) is 6. The summed E-state index contributed by atoms with van der Waals surface area (Å²) in [4.78, 5) is 25.2. The van der Waals surface area contributed by atoms with E-state index in [-0.39, 0.29) is 0 Å². The second-order valence-corrected chi connectivity index (χ2v) is 8.75. The van der Waals surface area contributed by atoms with Gasteiger partial charge in [-0.25, -0.2) is 9.59 Å². The van der Waals surface area contributed by atoms with E-state index >= 15 is 0 Å². The predicted molar refractivity (Wildman–Crippen MR) is 144 cm³/mol. The van der Waals surface area contributed by atoms with E-state index in [4.69, 9.17) is 18.9 Å². The van der Waals surface area contributed by atoms with Crippen molar-refractivity contribution in [3.8, 4) is 23.0 Å². The normalized spacial score (nSPS) is 10.6. The SMILES string of the molecule is CCCCCCCCOc1ccc(OC(=O)c2ccc(OC(=O)c3cccc(OCC)c3C)cc2)cc1. The first-order valence-corrected chi connectivity index (χ1v) is 13.0. The molecule has 0 aromatic heterocycles. The van der Waals surface area contributed by atoms with Crippen LogP contribution in [0.4, 0.5) is 0 Å². The minimum Gasteiger partial charge on any atom is -0.494 e. The van der Waals surface area contributed by atoms with Gasteiger partial charge in [-0.15, -0.1) is 0 Å². The molecule has 0 saturated carbocycles. The second-order valence-electron chi connectivity index (χ2n) is 8.75. The minimum absolute atomic E-state index is 0.328. The third-order valence-corrected chi connectivity index (χ3v) is 5.91. The molecule has 196 valence electrons. The third kappa shape index (κ3) is 8.67. The van der Waals surface area contributed by atoms with Gasteiger partial charge in [0.2, 0.25) is 0 Å². The maximum Gasteiger partial charge on any atom is 0.343 e. The maximum absolute atomic E-state index is 12.6. The monoisotopic (exact) mass is 504 g/mol. The highest BCUT2D eigenvalue weighted by molar-refractivity contribution is 5.94. The summed E-state index contributed by atoms with van der Waals surface area (Å²) in [6, 6.07) is 18.5. The molecule has 0 unspecified atom stereocenters. The first-order chi connectivity index (χ1) is 18.0. The van der Waals surface area contributed by atoms with E-state index in [1.54, 1.807) is 60.7 Å². The topological polar surface area (TPSA) is 71.1 Å². The van der Waals surface area contributed by atoms with E-state index in [0.717, 1.165) is 12.2 Å². The van der Waals surface area contributed by atoms with Gasteiger partial charge in [0.05, 0.1) is 24.3 Å². The largest absolute Gasteiger partial charge is 0.494 e. The molecule has 37 heavy (non-hydrogen) atoms. The summed E-state index contributed by atoms with van der Waals surface area (Å²) in [7, 11) is 0. The van der Waals surface area contributed by atoms with Gasteiger partial charge in [-0.05, 0) is 80.9 Å². The molecular weight excluding hydrogens is 468 g/mol. The van der Waals surface area contributed by atoms with Crippen LogP contribution >= 0.6 is 0 Å². The van der Waals surface area contributed by atoms with Crippen molar-refractivity contribution in [3.05, 3.63) is 83.4 Å². The number of unbranched alkanes of at least 4 members (excludes halogenated alkanes) is 5. The van der Waals surface area contributed by atoms with Crippen molar-refractivity contribution in [1.29, 1.82) is 0 Å². The van der Waals surface area contributed by atoms with Crippen LogP contribution in [0, 0.1) is 6.92 Å². The van der Waals surface area contributed by atoms with E-state index in [1.165, 1.54) is 32.1 Å². The van der Waals surface area contributed by atoms with Crippen LogP contribution in [0.1, 0.15) is 78.7 Å². The summed E-state index contributed by atoms with van der Waals surface area (Å²) in [5, 5.41) is 0. The fraction of sp³-hybridized carbons (Fsp3) is 0.355. The average Bonchev–Trinajstić information content (AvgIpc) is 2.90. The number of hydrogen-bond donors (Lipinski definition) is 0. The van der Waals surface area contributed by atoms with Crippen molar-refractivity contribution < 1.29 is 28.5 Å². The van der Waals surface area contributed by atoms with Gasteiger partial charge in [0.25, 0.3) is 0 Å². The molecule has 6 heteroatoms. The molecule has 3 aromatic rings. The lowest BCUT2D eigenvalue weighted by atomic mass is 10.1. The zero-order valence-electron chi connectivity index (χ0n) is 22.0. The van der Waals surface area contributed by atoms with Crippen LogP contribution in [0.3, 0.4) is 0 Å². The maximum atomic E-state index is 12.6. The first-order valence-electron chi connectivity index (χ1n) is 13.0. The summed E-state index contributed by atoms with van der Waals surface area (Å²) in [6.07, 6.45) is 7.28. The Kier molecular flexibility index (Phi) is 11.0. The van der Waals surface area contributed by atoms with E-state index in [0.29, 0.717) is 47.2 Å². The Labute approximate surface area is 219 Å². The van der Waals surface area contributed by atoms with Crippen molar-refractivity contribution in [2.24, 2.45) is 0 Å². The van der Waals surface area contributed by atoms with Crippen molar-refractivity contribution in [3.63, 3.8) is 0 Å². The van der Waals surface area contributed by atoms with Crippen LogP contribution in [0.25, 0.3) is 0 Å². The molecule has 0 heterocycles. The lowest BCUT2D eigenvalue weighted by Crippen LogP contribution is -2.12. The molecule has 0 aliphatic rings. The van der Waals surface area contributed by atoms with Crippen LogP contribution in [0.15, 0.2) is 66.7 Å². The fourth-order valence-corrected chi connectivity index (χ4v) is 3.81. The summed E-state index contributed by atoms with van der Waals surface area (Å²) in [6.45, 7) is 7.10. The Hall–Kier alpha value is -3.80. The second kappa shape index (κ2) is 14.7. The number of rotatable bonds is 14. The number of ether oxygens (including phenoxy) is 4. The van der Waals surface area contributed by atoms with Crippen molar-refractivity contribution in [2.75, 3.05) is 13.2 Å². The summed E-state index contributed by atoms with van der Waals surface area (Å²) < 4.78 is 22.3. The first kappa shape index (κ1) is 27.8. The summed E-state index contributed by atoms with van der Waals surface area (Å²) in [5.74, 6) is 1.16. The Bertz CT molecular complexity index is 1140. The molecule has 0 spiro atoms. The van der Waals surface area contributed by atoms with Crippen LogP contribution in [0.2, 0.25) is 0 Å². The Morgan fingerprint density at radius 1 is 0.649 bits per heavy atom. The van der Waals surface area contributed by atoms with Gasteiger partial charge in [-0.1, -0.05) is 45.1 Å². The zero-order chi connectivity index (χ0) is 26.5. The van der Waals surface area contributed by atoms with Crippen molar-refractivity contribution >= 4 is 11.9 Å². The molecule has 0 aliphatic heterocycles. The van der Waals surface area contributed by atoms with Gasteiger partial charge in [-0.2, -0.15) is 0 Å². The Morgan fingerprint density at radius 2 is 1.24 bits per heavy atom. The molecule has 0 fully saturated rings. The highest BCUT2D eigenvalue weighted by atomic mass is 16.5. The quantitative estimate of drug-likeness (QED) is 0.128. The zero-order valence-corrected chi connectivity index (χ0v) is 22.0. The molecule has 0 saturated heterocycles. The molecule has 0 bridgehead atoms. The molecule has 0 amide bonds. The molecule has 3 rings (SSSR count). The minimum atomic E-state index is -0.501. The third-order valence-electron chi connectivity index (χ3n) is 5.91. The summed E-state index contributed by atoms with van der Waals surface area (Å²) >= 11 is 0. The molecule has 6 nitrogen and oxygen atoms in total. The lowest BCUT2D eigenvalue weighted by molar-refractivity contribution is 0.0729. The Balaban J connectivity index is 1.48. The van der Waals surface area contributed by atoms with Gasteiger partial charge in [0, 0.05) is 5.56 Å². The molecule has 0 N–H and O–H groups in total. The number of carbonyl (C=O) groups excluding carboxylic acids is 2. The van der Waals surface area contributed by atoms with E-state index < -0.39 is 11.9 Å². The number of carbonyl (C=O) groups is 2. The van der Waals surface area contributed by atoms with Crippen LogP contribution in [-0.2, 0) is 0 Å². The number of esters is 2. The lowest BCUT2D eigenvalue weighted by Gasteiger charge is -2.11. The van der Waals surface area contributed by atoms with Crippen LogP contribution < -0.4 is 18.9 Å². The Morgan fingerprint density at radius 3 is 1.92 bits per heavy atom. The van der Waals surface area contributed by atoms with Gasteiger partial charge in [0.1, 0.15) is 23.0 Å². The van der Waals surface area contributed by atoms with Gasteiger partial charge in [-0.3, -0.25) is 0 Å². The van der Waals surface area contributed by atoms with E-state index in [2.05, 4.69) is 6.92 Å². The molecular formula is C31H36O6. The van der Waals surface area contributed by atoms with Crippen LogP contribution in [0.5, 0.6) is 23.0 Å². The number of benzene rings is 3. The molecule has 0 atom stereocenters. The van der Waals surface area contributed by atoms with Gasteiger partial charge < -0.3 is 18.9 Å². The smallest absolute Gasteiger partial charge is 0.343 e. The van der Waals surface area contributed by atoms with Crippen LogP contribution in [-0.4, -0.2) is 25.2 Å². The van der Waals surface area contributed by atoms with E-state index in [1.807, 2.05) is 19.9 Å². The highest BCUT2D eigenvalue weighted by Crippen LogP contribution is 2.24. The van der Waals surface area contributed by atoms with Crippen molar-refractivity contribution in [2.45, 2.75) is 59.3 Å². The summed E-state index contributed by atoms with van der Waals surface area (Å²) in [5.41, 5.74) is 1.49. The average molecular weight is 505 g/mol. The van der Waals surface area contributed by atoms with E-state index in [9.17, 15) is 9.59 Å². The standard InChI is InChI=1S/C31H36O6/c1-4-6-7-8-9-10-22-35-25-18-20-27(21-19-25)36-30(32)24-14-16-26(17-15-24)37-31(33)28-12-11-13-29(23(28)3)34-5-2/h11-21H,4-10,22H2,1-3H3. The highest BCUT2D eigenvalue weighted by Gasteiger charge is 2.15. The predicted octanol–water partition coefficient (Wildman–Crippen LogP) is 7.57. The van der Waals surface area contributed by atoms with Crippen molar-refractivity contribution in [1.82, 2.24) is 0 Å². The van der Waals surface area contributed by atoms with Gasteiger partial charge in [0.15, 0.2) is 0 Å².